The molecule has 3 rings (SSSR count). The lowest BCUT2D eigenvalue weighted by molar-refractivity contribution is 0.0753. The van der Waals surface area contributed by atoms with Crippen LogP contribution in [0.15, 0.2) is 12.3 Å². The zero-order valence-electron chi connectivity index (χ0n) is 10.3. The van der Waals surface area contributed by atoms with Crippen LogP contribution in [-0.2, 0) is 0 Å². The lowest BCUT2D eigenvalue weighted by Gasteiger charge is -2.20. The Morgan fingerprint density at radius 2 is 1.94 bits per heavy atom. The zero-order chi connectivity index (χ0) is 12.5. The van der Waals surface area contributed by atoms with Crippen molar-refractivity contribution < 1.29 is 4.79 Å². The van der Waals surface area contributed by atoms with Gasteiger partial charge in [0.2, 0.25) is 0 Å². The summed E-state index contributed by atoms with van der Waals surface area (Å²) in [6.45, 7) is 3.94. The van der Waals surface area contributed by atoms with Gasteiger partial charge in [-0.3, -0.25) is 4.79 Å². The number of H-pyrrole nitrogens is 1. The van der Waals surface area contributed by atoms with Gasteiger partial charge in [-0.15, -0.1) is 0 Å². The number of fused-ring (bicyclic) bond motifs is 1. The molecule has 0 aliphatic carbocycles. The lowest BCUT2D eigenvalue weighted by atomic mass is 9.92. The summed E-state index contributed by atoms with van der Waals surface area (Å²) in [4.78, 5) is 17.2. The molecule has 0 bridgehead atoms. The van der Waals surface area contributed by atoms with Crippen molar-refractivity contribution in [3.05, 3.63) is 23.0 Å². The Labute approximate surface area is 112 Å². The predicted octanol–water partition coefficient (Wildman–Crippen LogP) is 1.74. The molecular weight excluding hydrogens is 250 g/mol. The topological polar surface area (TPSA) is 48.1 Å². The van der Waals surface area contributed by atoms with Gasteiger partial charge < -0.3 is 15.2 Å². The van der Waals surface area contributed by atoms with Gasteiger partial charge in [-0.25, -0.2) is 0 Å². The van der Waals surface area contributed by atoms with Gasteiger partial charge in [-0.1, -0.05) is 11.6 Å². The highest BCUT2D eigenvalue weighted by Gasteiger charge is 2.31. The van der Waals surface area contributed by atoms with E-state index >= 15 is 0 Å². The number of hydrogen-bond donors (Lipinski definition) is 2. The van der Waals surface area contributed by atoms with E-state index < -0.39 is 0 Å². The van der Waals surface area contributed by atoms with Crippen LogP contribution in [0, 0.1) is 11.8 Å². The van der Waals surface area contributed by atoms with Crippen molar-refractivity contribution in [3.8, 4) is 0 Å². The minimum absolute atomic E-state index is 0.0785. The van der Waals surface area contributed by atoms with E-state index in [0.29, 0.717) is 10.7 Å². The lowest BCUT2D eigenvalue weighted by Crippen LogP contribution is -2.32. The van der Waals surface area contributed by atoms with Crippen LogP contribution >= 0.6 is 11.6 Å². The number of likely N-dealkylation sites (tertiary alicyclic amines) is 1. The molecule has 2 fully saturated rings. The number of hydrogen-bond acceptors (Lipinski definition) is 2. The van der Waals surface area contributed by atoms with Crippen molar-refractivity contribution in [1.82, 2.24) is 15.2 Å². The summed E-state index contributed by atoms with van der Waals surface area (Å²) >= 11 is 5.84. The Bertz CT molecular complexity index is 431. The zero-order valence-corrected chi connectivity index (χ0v) is 11.0. The van der Waals surface area contributed by atoms with Gasteiger partial charge in [-0.05, 0) is 43.8 Å². The summed E-state index contributed by atoms with van der Waals surface area (Å²) in [5.74, 6) is 1.57. The van der Waals surface area contributed by atoms with Crippen LogP contribution in [0.25, 0.3) is 0 Å². The van der Waals surface area contributed by atoms with Gasteiger partial charge in [0.1, 0.15) is 5.69 Å². The number of halogens is 1. The average Bonchev–Trinajstić information content (AvgIpc) is 2.94. The Balaban J connectivity index is 1.68. The fraction of sp³-hybridized carbons (Fsp3) is 0.615. The van der Waals surface area contributed by atoms with Gasteiger partial charge in [-0.2, -0.15) is 0 Å². The molecule has 3 heterocycles. The highest BCUT2D eigenvalue weighted by atomic mass is 35.5. The van der Waals surface area contributed by atoms with Crippen LogP contribution in [0.2, 0.25) is 5.02 Å². The summed E-state index contributed by atoms with van der Waals surface area (Å²) in [6, 6.07) is 1.71. The van der Waals surface area contributed by atoms with E-state index in [1.165, 1.54) is 0 Å². The van der Waals surface area contributed by atoms with Crippen molar-refractivity contribution in [1.29, 1.82) is 0 Å². The summed E-state index contributed by atoms with van der Waals surface area (Å²) < 4.78 is 0. The van der Waals surface area contributed by atoms with E-state index in [2.05, 4.69) is 10.3 Å². The number of amides is 1. The molecule has 0 aromatic carbocycles. The van der Waals surface area contributed by atoms with Crippen molar-refractivity contribution in [2.75, 3.05) is 26.2 Å². The fourth-order valence-electron chi connectivity index (χ4n) is 3.08. The standard InChI is InChI=1S/C13H18ClN3O/c14-11-5-12(16-8-11)13(18)17-3-1-9-6-15-7-10(9)2-4-17/h5,8-10,15-16H,1-4,6-7H2/t9-,10+. The molecule has 0 unspecified atom stereocenters. The van der Waals surface area contributed by atoms with Gasteiger partial charge >= 0.3 is 0 Å². The monoisotopic (exact) mass is 267 g/mol. The Kier molecular flexibility index (Phi) is 3.31. The SMILES string of the molecule is O=C(c1cc(Cl)c[nH]1)N1CC[C@@H]2CNC[C@@H]2CC1. The van der Waals surface area contributed by atoms with Gasteiger partial charge in [0, 0.05) is 19.3 Å². The van der Waals surface area contributed by atoms with Crippen LogP contribution in [0.4, 0.5) is 0 Å². The Morgan fingerprint density at radius 1 is 1.28 bits per heavy atom. The molecule has 1 aromatic heterocycles. The van der Waals surface area contributed by atoms with E-state index in [1.54, 1.807) is 12.3 Å². The minimum Gasteiger partial charge on any atom is -0.356 e. The van der Waals surface area contributed by atoms with Crippen LogP contribution in [0.5, 0.6) is 0 Å². The molecule has 0 saturated carbocycles. The molecule has 4 nitrogen and oxygen atoms in total. The second-order valence-corrected chi connectivity index (χ2v) is 5.72. The largest absolute Gasteiger partial charge is 0.356 e. The van der Waals surface area contributed by atoms with Crippen molar-refractivity contribution >= 4 is 17.5 Å². The second kappa shape index (κ2) is 4.94. The second-order valence-electron chi connectivity index (χ2n) is 5.28. The molecule has 2 aliphatic rings. The van der Waals surface area contributed by atoms with Gasteiger partial charge in [0.15, 0.2) is 0 Å². The first-order chi connectivity index (χ1) is 8.74. The number of nitrogens with one attached hydrogen (secondary N) is 2. The summed E-state index contributed by atoms with van der Waals surface area (Å²) in [5, 5.41) is 4.04. The number of aromatic amines is 1. The maximum absolute atomic E-state index is 12.3. The number of aromatic nitrogens is 1. The Hall–Kier alpha value is -1.00. The molecule has 2 aliphatic heterocycles. The molecule has 2 N–H and O–H groups in total. The number of nitrogens with zero attached hydrogens (tertiary/aromatic N) is 1. The van der Waals surface area contributed by atoms with E-state index in [0.717, 1.165) is 50.9 Å². The fourth-order valence-corrected chi connectivity index (χ4v) is 3.25. The molecular formula is C13H18ClN3O. The summed E-state index contributed by atoms with van der Waals surface area (Å²) in [6.07, 6.45) is 3.88. The summed E-state index contributed by atoms with van der Waals surface area (Å²) in [5.41, 5.74) is 0.602. The molecule has 18 heavy (non-hydrogen) atoms. The number of rotatable bonds is 1. The maximum atomic E-state index is 12.3. The van der Waals surface area contributed by atoms with Gasteiger partial charge in [0.05, 0.1) is 5.02 Å². The molecule has 5 heteroatoms. The van der Waals surface area contributed by atoms with E-state index in [9.17, 15) is 4.79 Å². The van der Waals surface area contributed by atoms with Crippen molar-refractivity contribution in [2.24, 2.45) is 11.8 Å². The minimum atomic E-state index is 0.0785. The third kappa shape index (κ3) is 2.27. The van der Waals surface area contributed by atoms with E-state index in [1.807, 2.05) is 4.90 Å². The first kappa shape index (κ1) is 12.1. The van der Waals surface area contributed by atoms with E-state index in [-0.39, 0.29) is 5.91 Å². The molecule has 2 saturated heterocycles. The molecule has 1 aromatic rings. The van der Waals surface area contributed by atoms with Crippen LogP contribution in [0.1, 0.15) is 23.3 Å². The first-order valence-electron chi connectivity index (χ1n) is 6.58. The molecule has 0 spiro atoms. The third-order valence-electron chi connectivity index (χ3n) is 4.18. The van der Waals surface area contributed by atoms with E-state index in [4.69, 9.17) is 11.6 Å². The maximum Gasteiger partial charge on any atom is 0.270 e. The van der Waals surface area contributed by atoms with Crippen molar-refractivity contribution in [2.45, 2.75) is 12.8 Å². The number of carbonyl (C=O) groups excluding carboxylic acids is 1. The van der Waals surface area contributed by atoms with Gasteiger partial charge in [0.25, 0.3) is 5.91 Å². The molecule has 0 radical (unpaired) electrons. The third-order valence-corrected chi connectivity index (χ3v) is 4.40. The first-order valence-corrected chi connectivity index (χ1v) is 6.96. The summed E-state index contributed by atoms with van der Waals surface area (Å²) in [7, 11) is 0. The molecule has 98 valence electrons. The quantitative estimate of drug-likeness (QED) is 0.814. The highest BCUT2D eigenvalue weighted by Crippen LogP contribution is 2.27. The highest BCUT2D eigenvalue weighted by molar-refractivity contribution is 6.30. The smallest absolute Gasteiger partial charge is 0.270 e. The van der Waals surface area contributed by atoms with Crippen LogP contribution < -0.4 is 5.32 Å². The Morgan fingerprint density at radius 3 is 2.50 bits per heavy atom. The van der Waals surface area contributed by atoms with Crippen LogP contribution in [-0.4, -0.2) is 42.0 Å². The van der Waals surface area contributed by atoms with Crippen molar-refractivity contribution in [3.63, 3.8) is 0 Å². The number of carbonyl (C=O) groups is 1. The normalized spacial score (nSPS) is 27.9. The molecule has 2 atom stereocenters. The van der Waals surface area contributed by atoms with Crippen LogP contribution in [0.3, 0.4) is 0 Å². The molecule has 1 amide bonds. The average molecular weight is 268 g/mol. The predicted molar refractivity (Wildman–Crippen MR) is 70.8 cm³/mol.